The Hall–Kier alpha value is -0.970. The topological polar surface area (TPSA) is 96.4 Å². The molecule has 21 heavy (non-hydrogen) atoms. The van der Waals surface area contributed by atoms with Gasteiger partial charge in [-0.15, -0.1) is 11.3 Å². The van der Waals surface area contributed by atoms with Gasteiger partial charge in [-0.1, -0.05) is 15.9 Å². The number of anilines is 1. The third-order valence-electron chi connectivity index (χ3n) is 2.36. The van der Waals surface area contributed by atoms with Crippen LogP contribution in [0.15, 0.2) is 31.5 Å². The summed E-state index contributed by atoms with van der Waals surface area (Å²) >= 11 is 7.33. The molecule has 2 aromatic rings. The molecular formula is C11H8Br2N2O4S2. The van der Waals surface area contributed by atoms with Crippen LogP contribution in [0.4, 0.5) is 5.13 Å². The van der Waals surface area contributed by atoms with Crippen molar-refractivity contribution in [3.63, 3.8) is 0 Å². The lowest BCUT2D eigenvalue weighted by Crippen LogP contribution is -2.12. The van der Waals surface area contributed by atoms with Crippen LogP contribution in [0.5, 0.6) is 5.75 Å². The van der Waals surface area contributed by atoms with Gasteiger partial charge in [0.1, 0.15) is 5.75 Å². The number of rotatable bonds is 3. The summed E-state index contributed by atoms with van der Waals surface area (Å²) in [7, 11) is -3.42. The Morgan fingerprint density at radius 2 is 2.05 bits per heavy atom. The Bertz CT molecular complexity index is 818. The normalized spacial score (nSPS) is 11.4. The van der Waals surface area contributed by atoms with Crippen molar-refractivity contribution >= 4 is 64.1 Å². The Balaban J connectivity index is 2.29. The smallest absolute Gasteiger partial charge is 0.261 e. The van der Waals surface area contributed by atoms with Crippen molar-refractivity contribution in [1.29, 1.82) is 0 Å². The number of aromatic hydroxyl groups is 1. The molecule has 0 radical (unpaired) electrons. The zero-order valence-electron chi connectivity index (χ0n) is 10.4. The minimum absolute atomic E-state index is 0.0346. The molecule has 0 bridgehead atoms. The summed E-state index contributed by atoms with van der Waals surface area (Å²) in [6.45, 7) is 0. The maximum Gasteiger partial charge on any atom is 0.261 e. The number of thiazole rings is 1. The molecule has 0 saturated heterocycles. The second kappa shape index (κ2) is 6.03. The number of benzene rings is 1. The number of carbonyl (C=O) groups is 1. The molecule has 0 spiro atoms. The van der Waals surface area contributed by atoms with E-state index in [1.54, 1.807) is 6.07 Å². The van der Waals surface area contributed by atoms with Crippen LogP contribution in [0.2, 0.25) is 0 Å². The molecule has 0 fully saturated rings. The van der Waals surface area contributed by atoms with Crippen molar-refractivity contribution in [3.8, 4) is 5.75 Å². The van der Waals surface area contributed by atoms with Crippen LogP contribution in [0.25, 0.3) is 0 Å². The molecule has 0 unspecified atom stereocenters. The number of sulfone groups is 1. The number of aromatic nitrogens is 1. The Labute approximate surface area is 141 Å². The van der Waals surface area contributed by atoms with Crippen molar-refractivity contribution in [3.05, 3.63) is 32.0 Å². The van der Waals surface area contributed by atoms with Crippen LogP contribution < -0.4 is 5.32 Å². The lowest BCUT2D eigenvalue weighted by molar-refractivity contribution is 0.102. The number of amides is 1. The van der Waals surface area contributed by atoms with Gasteiger partial charge in [0.25, 0.3) is 5.91 Å². The van der Waals surface area contributed by atoms with Gasteiger partial charge in [-0.3, -0.25) is 10.1 Å². The van der Waals surface area contributed by atoms with Gasteiger partial charge >= 0.3 is 0 Å². The molecular weight excluding hydrogens is 448 g/mol. The van der Waals surface area contributed by atoms with E-state index in [0.29, 0.717) is 8.95 Å². The first-order valence-corrected chi connectivity index (χ1v) is 9.69. The number of phenolic OH excluding ortho intramolecular Hbond substituents is 1. The van der Waals surface area contributed by atoms with Crippen LogP contribution in [0.3, 0.4) is 0 Å². The monoisotopic (exact) mass is 454 g/mol. The molecule has 2 rings (SSSR count). The molecule has 1 aromatic carbocycles. The van der Waals surface area contributed by atoms with E-state index in [1.807, 2.05) is 0 Å². The van der Waals surface area contributed by atoms with Gasteiger partial charge in [0, 0.05) is 16.1 Å². The number of nitrogens with zero attached hydrogens (tertiary/aromatic N) is 1. The van der Waals surface area contributed by atoms with Crippen LogP contribution in [-0.4, -0.2) is 30.7 Å². The van der Waals surface area contributed by atoms with E-state index in [4.69, 9.17) is 0 Å². The minimum atomic E-state index is -3.42. The first-order valence-electron chi connectivity index (χ1n) is 5.33. The summed E-state index contributed by atoms with van der Waals surface area (Å²) in [6.07, 6.45) is 1.03. The third kappa shape index (κ3) is 3.82. The SMILES string of the molecule is CS(=O)(=O)c1csc(NC(=O)c2cc(Br)cc(Br)c2O)n1. The van der Waals surface area contributed by atoms with Crippen LogP contribution in [-0.2, 0) is 9.84 Å². The molecule has 1 heterocycles. The molecule has 0 saturated carbocycles. The summed E-state index contributed by atoms with van der Waals surface area (Å²) < 4.78 is 23.6. The first-order chi connectivity index (χ1) is 9.68. The molecule has 112 valence electrons. The van der Waals surface area contributed by atoms with Gasteiger partial charge in [0.2, 0.25) is 0 Å². The predicted octanol–water partition coefficient (Wildman–Crippen LogP) is 3.03. The quantitative estimate of drug-likeness (QED) is 0.741. The average molecular weight is 456 g/mol. The Morgan fingerprint density at radius 3 is 2.62 bits per heavy atom. The van der Waals surface area contributed by atoms with Crippen molar-refractivity contribution in [2.45, 2.75) is 5.03 Å². The third-order valence-corrected chi connectivity index (χ3v) is 5.29. The molecule has 10 heteroatoms. The van der Waals surface area contributed by atoms with E-state index in [9.17, 15) is 18.3 Å². The molecule has 6 nitrogen and oxygen atoms in total. The molecule has 1 aromatic heterocycles. The lowest BCUT2D eigenvalue weighted by Gasteiger charge is -2.06. The fraction of sp³-hybridized carbons (Fsp3) is 0.0909. The highest BCUT2D eigenvalue weighted by Gasteiger charge is 2.18. The largest absolute Gasteiger partial charge is 0.506 e. The number of hydrogen-bond donors (Lipinski definition) is 2. The highest BCUT2D eigenvalue weighted by molar-refractivity contribution is 9.11. The standard InChI is InChI=1S/C11H8Br2N2O4S2/c1-21(18,19)8-4-20-11(14-8)15-10(17)6-2-5(12)3-7(13)9(6)16/h2-4,16H,1H3,(H,14,15,17). The van der Waals surface area contributed by atoms with Crippen molar-refractivity contribution in [2.24, 2.45) is 0 Å². The fourth-order valence-electron chi connectivity index (χ4n) is 1.39. The van der Waals surface area contributed by atoms with Crippen molar-refractivity contribution in [2.75, 3.05) is 11.6 Å². The van der Waals surface area contributed by atoms with E-state index >= 15 is 0 Å². The molecule has 2 N–H and O–H groups in total. The van der Waals surface area contributed by atoms with E-state index in [1.165, 1.54) is 11.4 Å². The summed E-state index contributed by atoms with van der Waals surface area (Å²) in [6, 6.07) is 3.04. The second-order valence-electron chi connectivity index (χ2n) is 4.00. The van der Waals surface area contributed by atoms with Crippen LogP contribution >= 0.6 is 43.2 Å². The average Bonchev–Trinajstić information content (AvgIpc) is 2.82. The number of nitrogens with one attached hydrogen (secondary N) is 1. The van der Waals surface area contributed by atoms with E-state index in [0.717, 1.165) is 17.6 Å². The van der Waals surface area contributed by atoms with Crippen molar-refractivity contribution in [1.82, 2.24) is 4.98 Å². The number of halogens is 2. The zero-order valence-corrected chi connectivity index (χ0v) is 15.2. The molecule has 0 aliphatic rings. The fourth-order valence-corrected chi connectivity index (χ4v) is 4.34. The maximum absolute atomic E-state index is 12.1. The van der Waals surface area contributed by atoms with Gasteiger partial charge < -0.3 is 5.11 Å². The van der Waals surface area contributed by atoms with Crippen LogP contribution in [0.1, 0.15) is 10.4 Å². The second-order valence-corrected chi connectivity index (χ2v) is 8.59. The van der Waals surface area contributed by atoms with E-state index < -0.39 is 15.7 Å². The van der Waals surface area contributed by atoms with E-state index in [2.05, 4.69) is 42.2 Å². The molecule has 0 atom stereocenters. The summed E-state index contributed by atoms with van der Waals surface area (Å²) in [5, 5.41) is 13.7. The lowest BCUT2D eigenvalue weighted by atomic mass is 10.2. The highest BCUT2D eigenvalue weighted by Crippen LogP contribution is 2.32. The van der Waals surface area contributed by atoms with Crippen molar-refractivity contribution < 1.29 is 18.3 Å². The molecule has 0 aliphatic carbocycles. The molecule has 0 aliphatic heterocycles. The predicted molar refractivity (Wildman–Crippen MR) is 86.7 cm³/mol. The summed E-state index contributed by atoms with van der Waals surface area (Å²) in [5.74, 6) is -0.806. The van der Waals surface area contributed by atoms with Gasteiger partial charge in [0.05, 0.1) is 10.0 Å². The highest BCUT2D eigenvalue weighted by atomic mass is 79.9. The van der Waals surface area contributed by atoms with Gasteiger partial charge in [0.15, 0.2) is 20.0 Å². The minimum Gasteiger partial charge on any atom is -0.506 e. The summed E-state index contributed by atoms with van der Waals surface area (Å²) in [4.78, 5) is 15.9. The van der Waals surface area contributed by atoms with E-state index in [-0.39, 0.29) is 21.5 Å². The maximum atomic E-state index is 12.1. The molecule has 1 amide bonds. The number of hydrogen-bond acceptors (Lipinski definition) is 6. The van der Waals surface area contributed by atoms with Gasteiger partial charge in [-0.2, -0.15) is 0 Å². The van der Waals surface area contributed by atoms with Gasteiger partial charge in [-0.25, -0.2) is 13.4 Å². The number of phenols is 1. The van der Waals surface area contributed by atoms with Gasteiger partial charge in [-0.05, 0) is 28.1 Å². The number of carbonyl (C=O) groups excluding carboxylic acids is 1. The Kier molecular flexibility index (Phi) is 4.71. The summed E-state index contributed by atoms with van der Waals surface area (Å²) in [5.41, 5.74) is 0.0346. The first kappa shape index (κ1) is 16.4. The Morgan fingerprint density at radius 1 is 1.38 bits per heavy atom. The van der Waals surface area contributed by atoms with Crippen LogP contribution in [0, 0.1) is 0 Å². The zero-order chi connectivity index (χ0) is 15.8.